The zero-order valence-electron chi connectivity index (χ0n) is 15.7. The highest BCUT2D eigenvalue weighted by molar-refractivity contribution is 5.98. The van der Waals surface area contributed by atoms with Crippen LogP contribution in [0.3, 0.4) is 0 Å². The molecular weight excluding hydrogens is 334 g/mol. The molecule has 1 aliphatic rings. The summed E-state index contributed by atoms with van der Waals surface area (Å²) in [6.07, 6.45) is 2.05. The SMILES string of the molecule is COC(=O)/C=C(/Nc1ccc(CCN2CCN(C)CC2)cc1)C(=O)OC. The van der Waals surface area contributed by atoms with Crippen molar-refractivity contribution in [1.82, 2.24) is 9.80 Å². The number of nitrogens with one attached hydrogen (secondary N) is 1. The van der Waals surface area contributed by atoms with Crippen LogP contribution in [-0.2, 0) is 25.5 Å². The highest BCUT2D eigenvalue weighted by atomic mass is 16.5. The predicted octanol–water partition coefficient (Wildman–Crippen LogP) is 1.12. The quantitative estimate of drug-likeness (QED) is 0.576. The van der Waals surface area contributed by atoms with Crippen LogP contribution >= 0.6 is 0 Å². The molecule has 7 nitrogen and oxygen atoms in total. The smallest absolute Gasteiger partial charge is 0.354 e. The number of carbonyl (C=O) groups is 2. The molecule has 0 amide bonds. The van der Waals surface area contributed by atoms with E-state index in [1.54, 1.807) is 0 Å². The fraction of sp³-hybridized carbons (Fsp3) is 0.474. The van der Waals surface area contributed by atoms with Gasteiger partial charge in [0.15, 0.2) is 0 Å². The van der Waals surface area contributed by atoms with Gasteiger partial charge in [0.05, 0.1) is 20.3 Å². The number of rotatable bonds is 7. The highest BCUT2D eigenvalue weighted by Gasteiger charge is 2.14. The molecule has 26 heavy (non-hydrogen) atoms. The molecule has 1 aromatic carbocycles. The van der Waals surface area contributed by atoms with Gasteiger partial charge in [-0.3, -0.25) is 0 Å². The van der Waals surface area contributed by atoms with Gasteiger partial charge in [-0.1, -0.05) is 12.1 Å². The van der Waals surface area contributed by atoms with Crippen molar-refractivity contribution in [3.63, 3.8) is 0 Å². The largest absolute Gasteiger partial charge is 0.466 e. The molecule has 1 heterocycles. The molecule has 7 heteroatoms. The Morgan fingerprint density at radius 2 is 1.73 bits per heavy atom. The Morgan fingerprint density at radius 3 is 2.31 bits per heavy atom. The summed E-state index contributed by atoms with van der Waals surface area (Å²) in [6.45, 7) is 5.49. The van der Waals surface area contributed by atoms with Crippen molar-refractivity contribution in [3.05, 3.63) is 41.6 Å². The molecule has 0 atom stereocenters. The Balaban J connectivity index is 1.92. The second-order valence-electron chi connectivity index (χ2n) is 6.29. The first-order chi connectivity index (χ1) is 12.5. The van der Waals surface area contributed by atoms with Crippen LogP contribution in [0.25, 0.3) is 0 Å². The average molecular weight is 361 g/mol. The van der Waals surface area contributed by atoms with Gasteiger partial charge in [0.2, 0.25) is 0 Å². The number of carbonyl (C=O) groups excluding carboxylic acids is 2. The molecular formula is C19H27N3O4. The molecule has 1 aromatic rings. The Morgan fingerprint density at radius 1 is 1.08 bits per heavy atom. The molecule has 0 saturated carbocycles. The third-order valence-corrected chi connectivity index (χ3v) is 4.41. The van der Waals surface area contributed by atoms with E-state index in [2.05, 4.69) is 31.6 Å². The molecule has 0 aromatic heterocycles. The van der Waals surface area contributed by atoms with Gasteiger partial charge in [0, 0.05) is 38.4 Å². The van der Waals surface area contributed by atoms with E-state index in [0.717, 1.165) is 45.2 Å². The van der Waals surface area contributed by atoms with Crippen LogP contribution in [0.15, 0.2) is 36.0 Å². The molecule has 2 rings (SSSR count). The maximum absolute atomic E-state index is 11.8. The number of likely N-dealkylation sites (N-methyl/N-ethyl adjacent to an activating group) is 1. The van der Waals surface area contributed by atoms with E-state index in [1.807, 2.05) is 24.3 Å². The summed E-state index contributed by atoms with van der Waals surface area (Å²) in [5.74, 6) is -1.25. The van der Waals surface area contributed by atoms with Gasteiger partial charge in [-0.2, -0.15) is 0 Å². The lowest BCUT2D eigenvalue weighted by atomic mass is 10.1. The van der Waals surface area contributed by atoms with Gasteiger partial charge in [-0.05, 0) is 31.2 Å². The molecule has 0 bridgehead atoms. The molecule has 0 radical (unpaired) electrons. The maximum atomic E-state index is 11.8. The molecule has 1 N–H and O–H groups in total. The minimum Gasteiger partial charge on any atom is -0.466 e. The summed E-state index contributed by atoms with van der Waals surface area (Å²) in [5.41, 5.74) is 1.96. The molecule has 142 valence electrons. The number of ether oxygens (including phenoxy) is 2. The van der Waals surface area contributed by atoms with Crippen LogP contribution in [-0.4, -0.2) is 75.7 Å². The van der Waals surface area contributed by atoms with Gasteiger partial charge in [-0.25, -0.2) is 9.59 Å². The highest BCUT2D eigenvalue weighted by Crippen LogP contribution is 2.14. The monoisotopic (exact) mass is 361 g/mol. The summed E-state index contributed by atoms with van der Waals surface area (Å²) in [6, 6.07) is 7.80. The maximum Gasteiger partial charge on any atom is 0.354 e. The molecule has 0 unspecified atom stereocenters. The summed E-state index contributed by atoms with van der Waals surface area (Å²) < 4.78 is 9.24. The second kappa shape index (κ2) is 9.94. The number of anilines is 1. The zero-order chi connectivity index (χ0) is 18.9. The van der Waals surface area contributed by atoms with Crippen molar-refractivity contribution in [1.29, 1.82) is 0 Å². The number of piperazine rings is 1. The molecule has 1 fully saturated rings. The zero-order valence-corrected chi connectivity index (χ0v) is 15.7. The van der Waals surface area contributed by atoms with E-state index in [4.69, 9.17) is 0 Å². The van der Waals surface area contributed by atoms with Gasteiger partial charge in [0.25, 0.3) is 0 Å². The van der Waals surface area contributed by atoms with Crippen molar-refractivity contribution >= 4 is 17.6 Å². The molecule has 1 saturated heterocycles. The number of hydrogen-bond acceptors (Lipinski definition) is 7. The van der Waals surface area contributed by atoms with E-state index < -0.39 is 11.9 Å². The second-order valence-corrected chi connectivity index (χ2v) is 6.29. The average Bonchev–Trinajstić information content (AvgIpc) is 2.67. The Labute approximate surface area is 154 Å². The number of hydrogen-bond donors (Lipinski definition) is 1. The topological polar surface area (TPSA) is 71.1 Å². The summed E-state index contributed by atoms with van der Waals surface area (Å²) in [4.78, 5) is 28.0. The van der Waals surface area contributed by atoms with E-state index in [9.17, 15) is 9.59 Å². The van der Waals surface area contributed by atoms with Crippen LogP contribution in [0.1, 0.15) is 5.56 Å². The first kappa shape index (κ1) is 19.9. The van der Waals surface area contributed by atoms with Gasteiger partial charge < -0.3 is 24.6 Å². The number of methoxy groups -OCH3 is 2. The fourth-order valence-electron chi connectivity index (χ4n) is 2.70. The van der Waals surface area contributed by atoms with Crippen LogP contribution in [0.4, 0.5) is 5.69 Å². The van der Waals surface area contributed by atoms with Crippen LogP contribution in [0.5, 0.6) is 0 Å². The molecule has 1 aliphatic heterocycles. The number of benzene rings is 1. The van der Waals surface area contributed by atoms with Crippen molar-refractivity contribution < 1.29 is 19.1 Å². The summed E-state index contributed by atoms with van der Waals surface area (Å²) >= 11 is 0. The van der Waals surface area contributed by atoms with Crippen LogP contribution < -0.4 is 5.32 Å². The lowest BCUT2D eigenvalue weighted by molar-refractivity contribution is -0.138. The Hall–Kier alpha value is -2.38. The molecule has 0 spiro atoms. The summed E-state index contributed by atoms with van der Waals surface area (Å²) in [5, 5.41) is 2.90. The van der Waals surface area contributed by atoms with Crippen LogP contribution in [0.2, 0.25) is 0 Å². The van der Waals surface area contributed by atoms with E-state index in [1.165, 1.54) is 19.8 Å². The minimum atomic E-state index is -0.630. The van der Waals surface area contributed by atoms with Crippen molar-refractivity contribution in [2.75, 3.05) is 59.3 Å². The van der Waals surface area contributed by atoms with Crippen LogP contribution in [0, 0.1) is 0 Å². The lowest BCUT2D eigenvalue weighted by Crippen LogP contribution is -2.45. The summed E-state index contributed by atoms with van der Waals surface area (Å²) in [7, 11) is 4.67. The van der Waals surface area contributed by atoms with Crippen molar-refractivity contribution in [3.8, 4) is 0 Å². The van der Waals surface area contributed by atoms with E-state index in [-0.39, 0.29) is 5.70 Å². The number of nitrogens with zero attached hydrogens (tertiary/aromatic N) is 2. The third kappa shape index (κ3) is 6.16. The minimum absolute atomic E-state index is 0.0320. The van der Waals surface area contributed by atoms with Crippen molar-refractivity contribution in [2.24, 2.45) is 0 Å². The van der Waals surface area contributed by atoms with Crippen molar-refractivity contribution in [2.45, 2.75) is 6.42 Å². The first-order valence-corrected chi connectivity index (χ1v) is 8.66. The Kier molecular flexibility index (Phi) is 7.62. The lowest BCUT2D eigenvalue weighted by Gasteiger charge is -2.32. The van der Waals surface area contributed by atoms with Gasteiger partial charge in [0.1, 0.15) is 5.70 Å². The number of esters is 2. The normalized spacial score (nSPS) is 16.2. The van der Waals surface area contributed by atoms with E-state index in [0.29, 0.717) is 5.69 Å². The third-order valence-electron chi connectivity index (χ3n) is 4.41. The first-order valence-electron chi connectivity index (χ1n) is 8.66. The predicted molar refractivity (Wildman–Crippen MR) is 99.8 cm³/mol. The molecule has 0 aliphatic carbocycles. The fourth-order valence-corrected chi connectivity index (χ4v) is 2.70. The van der Waals surface area contributed by atoms with Gasteiger partial charge in [-0.15, -0.1) is 0 Å². The standard InChI is InChI=1S/C19H27N3O4/c1-21-10-12-22(13-11-21)9-8-15-4-6-16(7-5-15)20-17(19(24)26-3)14-18(23)25-2/h4-7,14,20H,8-13H2,1-3H3/b17-14+. The van der Waals surface area contributed by atoms with Gasteiger partial charge >= 0.3 is 11.9 Å². The Bertz CT molecular complexity index is 635. The van der Waals surface area contributed by atoms with E-state index >= 15 is 0 Å².